The molecule has 0 aliphatic heterocycles. The molecule has 0 saturated carbocycles. The average molecular weight is 294 g/mol. The van der Waals surface area contributed by atoms with Gasteiger partial charge in [0.1, 0.15) is 5.82 Å². The molecule has 1 amide bonds. The Morgan fingerprint density at radius 3 is 2.65 bits per heavy atom. The lowest BCUT2D eigenvalue weighted by Gasteiger charge is -2.17. The molecule has 0 radical (unpaired) electrons. The van der Waals surface area contributed by atoms with Crippen LogP contribution in [0.3, 0.4) is 0 Å². The van der Waals surface area contributed by atoms with Gasteiger partial charge in [-0.15, -0.1) is 0 Å². The van der Waals surface area contributed by atoms with Crippen LogP contribution in [0, 0.1) is 5.82 Å². The van der Waals surface area contributed by atoms with E-state index >= 15 is 0 Å². The van der Waals surface area contributed by atoms with E-state index in [0.717, 1.165) is 0 Å². The van der Waals surface area contributed by atoms with Crippen LogP contribution < -0.4 is 5.32 Å². The number of hydrogen-bond donors (Lipinski definition) is 2. The van der Waals surface area contributed by atoms with Gasteiger partial charge in [0.05, 0.1) is 18.2 Å². The lowest BCUT2D eigenvalue weighted by atomic mass is 10.1. The van der Waals surface area contributed by atoms with E-state index in [9.17, 15) is 14.3 Å². The molecule has 2 rings (SSSR count). The Kier molecular flexibility index (Phi) is 4.71. The highest BCUT2D eigenvalue weighted by molar-refractivity contribution is 6.30. The number of carbonyl (C=O) groups excluding carboxylic acids is 1. The summed E-state index contributed by atoms with van der Waals surface area (Å²) in [5.41, 5.74) is 0.595. The molecule has 1 atom stereocenters. The number of rotatable bonds is 4. The molecule has 0 unspecified atom stereocenters. The lowest BCUT2D eigenvalue weighted by Crippen LogP contribution is -2.31. The van der Waals surface area contributed by atoms with E-state index in [-0.39, 0.29) is 12.2 Å². The molecule has 0 aromatic heterocycles. The first-order valence-corrected chi connectivity index (χ1v) is 6.41. The number of amides is 1. The van der Waals surface area contributed by atoms with Crippen molar-refractivity contribution in [3.63, 3.8) is 0 Å². The number of carbonyl (C=O) groups is 1. The van der Waals surface area contributed by atoms with Gasteiger partial charge in [-0.3, -0.25) is 4.79 Å². The maximum atomic E-state index is 13.5. The molecule has 0 saturated heterocycles. The zero-order chi connectivity index (χ0) is 14.5. The third-order valence-electron chi connectivity index (χ3n) is 2.86. The molecule has 2 N–H and O–H groups in total. The van der Waals surface area contributed by atoms with Crippen molar-refractivity contribution in [2.75, 3.05) is 6.61 Å². The maximum Gasteiger partial charge on any atom is 0.254 e. The highest BCUT2D eigenvalue weighted by Gasteiger charge is 2.17. The van der Waals surface area contributed by atoms with Crippen molar-refractivity contribution in [1.29, 1.82) is 0 Å². The SMILES string of the molecule is O=C(N[C@H](CO)c1cccc(Cl)c1)c1ccccc1F. The van der Waals surface area contributed by atoms with Crippen molar-refractivity contribution < 1.29 is 14.3 Å². The van der Waals surface area contributed by atoms with Crippen LogP contribution >= 0.6 is 11.6 Å². The Morgan fingerprint density at radius 2 is 2.00 bits per heavy atom. The molecule has 0 aliphatic rings. The van der Waals surface area contributed by atoms with Gasteiger partial charge in [-0.1, -0.05) is 35.9 Å². The zero-order valence-electron chi connectivity index (χ0n) is 10.5. The Hall–Kier alpha value is -1.91. The van der Waals surface area contributed by atoms with Crippen LogP contribution in [0.2, 0.25) is 5.02 Å². The van der Waals surface area contributed by atoms with Crippen molar-refractivity contribution >= 4 is 17.5 Å². The summed E-state index contributed by atoms with van der Waals surface area (Å²) in [4.78, 5) is 12.0. The highest BCUT2D eigenvalue weighted by atomic mass is 35.5. The van der Waals surface area contributed by atoms with Gasteiger partial charge in [0.25, 0.3) is 5.91 Å². The largest absolute Gasteiger partial charge is 0.394 e. The summed E-state index contributed by atoms with van der Waals surface area (Å²) >= 11 is 5.87. The standard InChI is InChI=1S/C15H13ClFNO2/c16-11-5-3-4-10(8-11)14(9-19)18-15(20)12-6-1-2-7-13(12)17/h1-8,14,19H,9H2,(H,18,20)/t14-/m1/s1. The molecule has 20 heavy (non-hydrogen) atoms. The summed E-state index contributed by atoms with van der Waals surface area (Å²) < 4.78 is 13.5. The first-order chi connectivity index (χ1) is 9.61. The fraction of sp³-hybridized carbons (Fsp3) is 0.133. The summed E-state index contributed by atoms with van der Waals surface area (Å²) in [6, 6.07) is 11.8. The Labute approximate surface area is 121 Å². The summed E-state index contributed by atoms with van der Waals surface area (Å²) in [6.45, 7) is -0.305. The van der Waals surface area contributed by atoms with E-state index in [1.54, 1.807) is 30.3 Å². The van der Waals surface area contributed by atoms with Crippen molar-refractivity contribution in [3.8, 4) is 0 Å². The van der Waals surface area contributed by atoms with Crippen LogP contribution in [0.1, 0.15) is 22.0 Å². The predicted molar refractivity (Wildman–Crippen MR) is 75.1 cm³/mol. The summed E-state index contributed by atoms with van der Waals surface area (Å²) in [5.74, 6) is -1.19. The number of aliphatic hydroxyl groups is 1. The quantitative estimate of drug-likeness (QED) is 0.910. The summed E-state index contributed by atoms with van der Waals surface area (Å²) in [6.07, 6.45) is 0. The minimum Gasteiger partial charge on any atom is -0.394 e. The number of benzene rings is 2. The summed E-state index contributed by atoms with van der Waals surface area (Å²) in [7, 11) is 0. The monoisotopic (exact) mass is 293 g/mol. The van der Waals surface area contributed by atoms with E-state index in [1.165, 1.54) is 18.2 Å². The van der Waals surface area contributed by atoms with Crippen LogP contribution in [-0.2, 0) is 0 Å². The van der Waals surface area contributed by atoms with Gasteiger partial charge in [0, 0.05) is 5.02 Å². The molecule has 0 fully saturated rings. The third kappa shape index (κ3) is 3.35. The third-order valence-corrected chi connectivity index (χ3v) is 3.09. The molecule has 2 aromatic rings. The average Bonchev–Trinajstić information content (AvgIpc) is 2.45. The minimum atomic E-state index is -0.638. The molecule has 5 heteroatoms. The zero-order valence-corrected chi connectivity index (χ0v) is 11.3. The van der Waals surface area contributed by atoms with Crippen molar-refractivity contribution in [1.82, 2.24) is 5.32 Å². The van der Waals surface area contributed by atoms with Gasteiger partial charge in [-0.2, -0.15) is 0 Å². The van der Waals surface area contributed by atoms with Crippen LogP contribution in [-0.4, -0.2) is 17.6 Å². The van der Waals surface area contributed by atoms with E-state index < -0.39 is 17.8 Å². The Morgan fingerprint density at radius 1 is 1.25 bits per heavy atom. The first-order valence-electron chi connectivity index (χ1n) is 6.03. The minimum absolute atomic E-state index is 0.0621. The highest BCUT2D eigenvalue weighted by Crippen LogP contribution is 2.18. The maximum absolute atomic E-state index is 13.5. The predicted octanol–water partition coefficient (Wildman–Crippen LogP) is 2.94. The molecule has 0 bridgehead atoms. The molecule has 0 spiro atoms. The van der Waals surface area contributed by atoms with E-state index in [1.807, 2.05) is 0 Å². The van der Waals surface area contributed by atoms with Gasteiger partial charge in [0.15, 0.2) is 0 Å². The van der Waals surface area contributed by atoms with Crippen molar-refractivity contribution in [2.45, 2.75) is 6.04 Å². The number of nitrogens with one attached hydrogen (secondary N) is 1. The second kappa shape index (κ2) is 6.50. The topological polar surface area (TPSA) is 49.3 Å². The summed E-state index contributed by atoms with van der Waals surface area (Å²) in [5, 5.41) is 12.5. The van der Waals surface area contributed by atoms with Crippen molar-refractivity contribution in [2.24, 2.45) is 0 Å². The fourth-order valence-electron chi connectivity index (χ4n) is 1.84. The van der Waals surface area contributed by atoms with E-state index in [4.69, 9.17) is 11.6 Å². The van der Waals surface area contributed by atoms with Gasteiger partial charge in [-0.25, -0.2) is 4.39 Å². The van der Waals surface area contributed by atoms with E-state index in [0.29, 0.717) is 10.6 Å². The van der Waals surface area contributed by atoms with Crippen LogP contribution in [0.4, 0.5) is 4.39 Å². The Bertz CT molecular complexity index is 618. The van der Waals surface area contributed by atoms with E-state index in [2.05, 4.69) is 5.32 Å². The first kappa shape index (κ1) is 14.5. The number of aliphatic hydroxyl groups excluding tert-OH is 1. The second-order valence-electron chi connectivity index (χ2n) is 4.24. The van der Waals surface area contributed by atoms with Gasteiger partial charge >= 0.3 is 0 Å². The molecular formula is C15H13ClFNO2. The van der Waals surface area contributed by atoms with Crippen LogP contribution in [0.25, 0.3) is 0 Å². The number of hydrogen-bond acceptors (Lipinski definition) is 2. The van der Waals surface area contributed by atoms with Crippen LogP contribution in [0.15, 0.2) is 48.5 Å². The molecule has 2 aromatic carbocycles. The Balaban J connectivity index is 2.19. The lowest BCUT2D eigenvalue weighted by molar-refractivity contribution is 0.0912. The molecule has 104 valence electrons. The normalized spacial score (nSPS) is 11.9. The van der Waals surface area contributed by atoms with Crippen molar-refractivity contribution in [3.05, 3.63) is 70.5 Å². The van der Waals surface area contributed by atoms with Gasteiger partial charge in [0.2, 0.25) is 0 Å². The molecular weight excluding hydrogens is 281 g/mol. The number of halogens is 2. The van der Waals surface area contributed by atoms with Gasteiger partial charge in [-0.05, 0) is 29.8 Å². The smallest absolute Gasteiger partial charge is 0.254 e. The molecule has 3 nitrogen and oxygen atoms in total. The fourth-order valence-corrected chi connectivity index (χ4v) is 2.04. The second-order valence-corrected chi connectivity index (χ2v) is 4.68. The molecule has 0 heterocycles. The molecule has 0 aliphatic carbocycles. The van der Waals surface area contributed by atoms with Crippen LogP contribution in [0.5, 0.6) is 0 Å². The van der Waals surface area contributed by atoms with Gasteiger partial charge < -0.3 is 10.4 Å².